The molecule has 0 radical (unpaired) electrons. The first-order valence-electron chi connectivity index (χ1n) is 13.4. The van der Waals surface area contributed by atoms with Crippen molar-refractivity contribution in [1.82, 2.24) is 30.9 Å². The number of nitrogens with zero attached hydrogens (tertiary/aromatic N) is 1. The predicted octanol–water partition coefficient (Wildman–Crippen LogP) is 1.24. The smallest absolute Gasteiger partial charge is 0.326 e. The largest absolute Gasteiger partial charge is 0.480 e. The second-order valence-corrected chi connectivity index (χ2v) is 10.8. The van der Waals surface area contributed by atoms with Gasteiger partial charge in [0.1, 0.15) is 18.1 Å². The van der Waals surface area contributed by atoms with Gasteiger partial charge in [0.05, 0.1) is 12.4 Å². The van der Waals surface area contributed by atoms with Gasteiger partial charge in [-0.1, -0.05) is 45.9 Å². The van der Waals surface area contributed by atoms with Crippen LogP contribution in [0.15, 0.2) is 43.0 Å². The van der Waals surface area contributed by atoms with E-state index in [9.17, 15) is 24.3 Å². The molecular formula is C28H39N7O5. The third kappa shape index (κ3) is 8.15. The van der Waals surface area contributed by atoms with Gasteiger partial charge in [-0.05, 0) is 36.3 Å². The summed E-state index contributed by atoms with van der Waals surface area (Å²) in [6.07, 6.45) is 5.26. The summed E-state index contributed by atoms with van der Waals surface area (Å²) in [5.74, 6) is -3.17. The standard InChI is InChI=1S/C28H39N7O5/c1-15(2)9-22(26(37)34-23(28(39)40)11-18-13-30-14-32-18)33-27(38)24(16(3)4)35-25(36)20(29)10-17-12-31-21-8-6-5-7-19(17)21/h5-8,12-16,20,22-24,31H,9-11,29H2,1-4H3,(H,30,32)(H,33,38)(H,34,37)(H,35,36)(H,39,40). The summed E-state index contributed by atoms with van der Waals surface area (Å²) in [7, 11) is 0. The topological polar surface area (TPSA) is 195 Å². The molecule has 0 spiro atoms. The summed E-state index contributed by atoms with van der Waals surface area (Å²) in [5, 5.41) is 18.6. The van der Waals surface area contributed by atoms with Crippen molar-refractivity contribution in [2.75, 3.05) is 0 Å². The number of amides is 3. The number of aromatic amines is 2. The molecule has 1 aromatic carbocycles. The lowest BCUT2D eigenvalue weighted by atomic mass is 9.98. The maximum Gasteiger partial charge on any atom is 0.326 e. The van der Waals surface area contributed by atoms with Crippen molar-refractivity contribution < 1.29 is 24.3 Å². The van der Waals surface area contributed by atoms with Crippen LogP contribution in [0.25, 0.3) is 10.9 Å². The number of rotatable bonds is 14. The lowest BCUT2D eigenvalue weighted by molar-refractivity contribution is -0.142. The van der Waals surface area contributed by atoms with Crippen LogP contribution in [0.1, 0.15) is 45.4 Å². The third-order valence-corrected chi connectivity index (χ3v) is 6.63. The lowest BCUT2D eigenvalue weighted by Crippen LogP contribution is -2.58. The highest BCUT2D eigenvalue weighted by Crippen LogP contribution is 2.19. The van der Waals surface area contributed by atoms with Crippen molar-refractivity contribution in [2.24, 2.45) is 17.6 Å². The second kappa shape index (κ2) is 13.7. The number of carbonyl (C=O) groups is 4. The Balaban J connectivity index is 1.67. The number of hydrogen-bond acceptors (Lipinski definition) is 6. The molecule has 0 aliphatic heterocycles. The van der Waals surface area contributed by atoms with Gasteiger partial charge in [0, 0.05) is 35.4 Å². The molecule has 3 amide bonds. The number of carbonyl (C=O) groups excluding carboxylic acids is 3. The molecule has 40 heavy (non-hydrogen) atoms. The average Bonchev–Trinajstić information content (AvgIpc) is 3.55. The third-order valence-electron chi connectivity index (χ3n) is 6.63. The number of carboxylic acid groups (broad SMARTS) is 1. The monoisotopic (exact) mass is 553 g/mol. The highest BCUT2D eigenvalue weighted by atomic mass is 16.4. The van der Waals surface area contributed by atoms with Crippen molar-refractivity contribution in [3.05, 3.63) is 54.2 Å². The molecule has 2 aromatic heterocycles. The fraction of sp³-hybridized carbons (Fsp3) is 0.464. The maximum atomic E-state index is 13.3. The summed E-state index contributed by atoms with van der Waals surface area (Å²) in [6.45, 7) is 7.32. The van der Waals surface area contributed by atoms with Gasteiger partial charge in [-0.25, -0.2) is 9.78 Å². The summed E-state index contributed by atoms with van der Waals surface area (Å²) in [6, 6.07) is 3.62. The van der Waals surface area contributed by atoms with Crippen molar-refractivity contribution in [3.8, 4) is 0 Å². The van der Waals surface area contributed by atoms with E-state index in [2.05, 4.69) is 30.9 Å². The molecule has 0 saturated carbocycles. The van der Waals surface area contributed by atoms with E-state index in [4.69, 9.17) is 5.73 Å². The van der Waals surface area contributed by atoms with E-state index >= 15 is 0 Å². The van der Waals surface area contributed by atoms with Crippen LogP contribution in [-0.4, -0.2) is 67.9 Å². The molecule has 2 heterocycles. The number of fused-ring (bicyclic) bond motifs is 1. The number of aliphatic carboxylic acids is 1. The first-order valence-corrected chi connectivity index (χ1v) is 13.4. The van der Waals surface area contributed by atoms with Crippen LogP contribution in [0.5, 0.6) is 0 Å². The van der Waals surface area contributed by atoms with Gasteiger partial charge in [0.2, 0.25) is 17.7 Å². The number of nitrogens with one attached hydrogen (secondary N) is 5. The molecule has 0 bridgehead atoms. The molecule has 4 atom stereocenters. The van der Waals surface area contributed by atoms with Crippen LogP contribution < -0.4 is 21.7 Å². The first kappa shape index (κ1) is 30.4. The Morgan fingerprint density at radius 1 is 0.925 bits per heavy atom. The van der Waals surface area contributed by atoms with Gasteiger partial charge in [-0.3, -0.25) is 14.4 Å². The quantitative estimate of drug-likeness (QED) is 0.156. The van der Waals surface area contributed by atoms with Crippen molar-refractivity contribution in [3.63, 3.8) is 0 Å². The van der Waals surface area contributed by atoms with Gasteiger partial charge in [0.25, 0.3) is 0 Å². The van der Waals surface area contributed by atoms with Gasteiger partial charge < -0.3 is 36.8 Å². The van der Waals surface area contributed by atoms with Crippen LogP contribution in [0.4, 0.5) is 0 Å². The molecule has 3 rings (SSSR count). The molecule has 12 heteroatoms. The second-order valence-electron chi connectivity index (χ2n) is 10.8. The van der Waals surface area contributed by atoms with E-state index in [1.54, 1.807) is 13.8 Å². The van der Waals surface area contributed by atoms with Crippen LogP contribution in [-0.2, 0) is 32.0 Å². The molecule has 0 aliphatic rings. The summed E-state index contributed by atoms with van der Waals surface area (Å²) in [5.41, 5.74) is 8.59. The number of benzene rings is 1. The normalized spacial score (nSPS) is 14.5. The van der Waals surface area contributed by atoms with Crippen LogP contribution in [0.3, 0.4) is 0 Å². The minimum atomic E-state index is -1.22. The Hall–Kier alpha value is -4.19. The Kier molecular flexibility index (Phi) is 10.4. The Bertz CT molecular complexity index is 1300. The molecular weight excluding hydrogens is 514 g/mol. The SMILES string of the molecule is CC(C)CC(NC(=O)C(NC(=O)C(N)Cc1c[nH]c2ccccc12)C(C)C)C(=O)NC(Cc1cnc[nH]1)C(=O)O. The van der Waals surface area contributed by atoms with E-state index in [-0.39, 0.29) is 31.1 Å². The van der Waals surface area contributed by atoms with Gasteiger partial charge >= 0.3 is 5.97 Å². The Labute approximate surface area is 232 Å². The van der Waals surface area contributed by atoms with Crippen LogP contribution in [0.2, 0.25) is 0 Å². The molecule has 216 valence electrons. The zero-order valence-electron chi connectivity index (χ0n) is 23.2. The lowest BCUT2D eigenvalue weighted by Gasteiger charge is -2.27. The predicted molar refractivity (Wildman–Crippen MR) is 150 cm³/mol. The average molecular weight is 554 g/mol. The number of imidazole rings is 1. The summed E-state index contributed by atoms with van der Waals surface area (Å²) in [4.78, 5) is 61.1. The molecule has 8 N–H and O–H groups in total. The van der Waals surface area contributed by atoms with E-state index in [0.717, 1.165) is 16.5 Å². The minimum Gasteiger partial charge on any atom is -0.480 e. The maximum absolute atomic E-state index is 13.3. The van der Waals surface area contributed by atoms with E-state index in [1.807, 2.05) is 44.3 Å². The van der Waals surface area contributed by atoms with Crippen molar-refractivity contribution in [2.45, 2.75) is 71.1 Å². The molecule has 4 unspecified atom stereocenters. The van der Waals surface area contributed by atoms with E-state index < -0.39 is 47.9 Å². The number of carboxylic acids is 1. The molecule has 0 saturated heterocycles. The highest BCUT2D eigenvalue weighted by Gasteiger charge is 2.32. The van der Waals surface area contributed by atoms with Gasteiger partial charge in [-0.2, -0.15) is 0 Å². The van der Waals surface area contributed by atoms with Crippen molar-refractivity contribution >= 4 is 34.6 Å². The summed E-state index contributed by atoms with van der Waals surface area (Å²) < 4.78 is 0. The molecule has 3 aromatic rings. The number of nitrogens with two attached hydrogens (primary N) is 1. The van der Waals surface area contributed by atoms with Crippen LogP contribution in [0, 0.1) is 11.8 Å². The van der Waals surface area contributed by atoms with E-state index in [1.165, 1.54) is 12.5 Å². The minimum absolute atomic E-state index is 0.00239. The van der Waals surface area contributed by atoms with E-state index in [0.29, 0.717) is 5.69 Å². The molecule has 0 fully saturated rings. The molecule has 12 nitrogen and oxygen atoms in total. The number of H-pyrrole nitrogens is 2. The van der Waals surface area contributed by atoms with Crippen molar-refractivity contribution in [1.29, 1.82) is 0 Å². The fourth-order valence-electron chi connectivity index (χ4n) is 4.48. The number of aromatic nitrogens is 3. The summed E-state index contributed by atoms with van der Waals surface area (Å²) >= 11 is 0. The fourth-order valence-corrected chi connectivity index (χ4v) is 4.48. The van der Waals surface area contributed by atoms with Gasteiger partial charge in [-0.15, -0.1) is 0 Å². The zero-order chi connectivity index (χ0) is 29.4. The van der Waals surface area contributed by atoms with Gasteiger partial charge in [0.15, 0.2) is 0 Å². The zero-order valence-corrected chi connectivity index (χ0v) is 23.2. The van der Waals surface area contributed by atoms with Crippen LogP contribution >= 0.6 is 0 Å². The molecule has 0 aliphatic carbocycles. The highest BCUT2D eigenvalue weighted by molar-refractivity contribution is 5.94. The Morgan fingerprint density at radius 3 is 2.25 bits per heavy atom. The Morgan fingerprint density at radius 2 is 1.62 bits per heavy atom. The first-order chi connectivity index (χ1) is 19.0. The number of hydrogen-bond donors (Lipinski definition) is 7. The number of para-hydroxylation sites is 1.